The smallest absolute Gasteiger partial charge is 0.257 e. The maximum atomic E-state index is 12.4. The molecule has 0 atom stereocenters. The number of nitrogens with one attached hydrogen (secondary N) is 2. The highest BCUT2D eigenvalue weighted by Gasteiger charge is 2.12. The first kappa shape index (κ1) is 15.3. The van der Waals surface area contributed by atoms with E-state index in [0.717, 1.165) is 11.0 Å². The van der Waals surface area contributed by atoms with Gasteiger partial charge in [-0.25, -0.2) is 0 Å². The van der Waals surface area contributed by atoms with Gasteiger partial charge in [-0.1, -0.05) is 0 Å². The Kier molecular flexibility index (Phi) is 5.16. The summed E-state index contributed by atoms with van der Waals surface area (Å²) in [6, 6.07) is 7.07. The molecule has 6 heteroatoms. The first-order valence-electron chi connectivity index (χ1n) is 6.48. The highest BCUT2D eigenvalue weighted by atomic mass is 79.9. The summed E-state index contributed by atoms with van der Waals surface area (Å²) in [5.74, 6) is 0.465. The Bertz CT molecular complexity index is 647. The van der Waals surface area contributed by atoms with Gasteiger partial charge in [-0.05, 0) is 41.1 Å². The van der Waals surface area contributed by atoms with Crippen LogP contribution in [0.2, 0.25) is 0 Å². The molecule has 2 rings (SSSR count). The topological polar surface area (TPSA) is 63.2 Å². The summed E-state index contributed by atoms with van der Waals surface area (Å²) in [6.07, 6.45) is 3.23. The molecule has 0 radical (unpaired) electrons. The Hall–Kier alpha value is -2.08. The van der Waals surface area contributed by atoms with Crippen molar-refractivity contribution in [1.82, 2.24) is 4.98 Å². The predicted octanol–water partition coefficient (Wildman–Crippen LogP) is 3.54. The van der Waals surface area contributed by atoms with Crippen LogP contribution in [0.15, 0.2) is 41.1 Å². The Labute approximate surface area is 131 Å². The maximum absolute atomic E-state index is 12.4. The average Bonchev–Trinajstić information content (AvgIpc) is 2.50. The standard InChI is InChI=1S/C15H16BrN3O2/c1-3-18-13-9-17-7-6-11(13)15(20)19-10-4-5-12(16)14(8-10)21-2/h4-9,18H,3H2,1-2H3,(H,19,20). The van der Waals surface area contributed by atoms with Crippen LogP contribution in [0.3, 0.4) is 0 Å². The zero-order valence-corrected chi connectivity index (χ0v) is 13.4. The molecule has 0 saturated heterocycles. The van der Waals surface area contributed by atoms with Gasteiger partial charge in [0.2, 0.25) is 0 Å². The van der Waals surface area contributed by atoms with Crippen molar-refractivity contribution in [3.8, 4) is 5.75 Å². The van der Waals surface area contributed by atoms with E-state index in [1.807, 2.05) is 13.0 Å². The molecule has 1 amide bonds. The molecule has 0 spiro atoms. The first-order chi connectivity index (χ1) is 10.2. The van der Waals surface area contributed by atoms with E-state index in [-0.39, 0.29) is 5.91 Å². The summed E-state index contributed by atoms with van der Waals surface area (Å²) >= 11 is 3.38. The van der Waals surface area contributed by atoms with E-state index in [0.29, 0.717) is 22.7 Å². The van der Waals surface area contributed by atoms with Crippen molar-refractivity contribution < 1.29 is 9.53 Å². The number of aromatic nitrogens is 1. The normalized spacial score (nSPS) is 10.0. The quantitative estimate of drug-likeness (QED) is 0.866. The number of benzene rings is 1. The monoisotopic (exact) mass is 349 g/mol. The van der Waals surface area contributed by atoms with Gasteiger partial charge in [0.15, 0.2) is 0 Å². The molecule has 1 aromatic carbocycles. The van der Waals surface area contributed by atoms with Crippen LogP contribution in [0.25, 0.3) is 0 Å². The maximum Gasteiger partial charge on any atom is 0.257 e. The van der Waals surface area contributed by atoms with E-state index in [9.17, 15) is 4.79 Å². The molecule has 2 N–H and O–H groups in total. The van der Waals surface area contributed by atoms with E-state index < -0.39 is 0 Å². The Morgan fingerprint density at radius 1 is 1.38 bits per heavy atom. The van der Waals surface area contributed by atoms with Crippen LogP contribution in [-0.4, -0.2) is 24.5 Å². The number of ether oxygens (including phenoxy) is 1. The summed E-state index contributed by atoms with van der Waals surface area (Å²) in [5.41, 5.74) is 1.93. The lowest BCUT2D eigenvalue weighted by Gasteiger charge is -2.11. The van der Waals surface area contributed by atoms with Crippen LogP contribution in [0.5, 0.6) is 5.75 Å². The number of hydrogen-bond acceptors (Lipinski definition) is 4. The molecule has 0 aliphatic heterocycles. The van der Waals surface area contributed by atoms with Crippen molar-refractivity contribution in [2.45, 2.75) is 6.92 Å². The van der Waals surface area contributed by atoms with Gasteiger partial charge in [0.1, 0.15) is 5.75 Å². The molecule has 21 heavy (non-hydrogen) atoms. The molecule has 110 valence electrons. The molecule has 1 heterocycles. The Balaban J connectivity index is 2.22. The van der Waals surface area contributed by atoms with E-state index in [1.165, 1.54) is 0 Å². The van der Waals surface area contributed by atoms with E-state index in [4.69, 9.17) is 4.74 Å². The fourth-order valence-corrected chi connectivity index (χ4v) is 2.27. The van der Waals surface area contributed by atoms with Crippen molar-refractivity contribution in [3.05, 3.63) is 46.7 Å². The number of methoxy groups -OCH3 is 1. The van der Waals surface area contributed by atoms with E-state index in [1.54, 1.807) is 37.7 Å². The summed E-state index contributed by atoms with van der Waals surface area (Å²) in [4.78, 5) is 16.4. The SMILES string of the molecule is CCNc1cnccc1C(=O)Nc1ccc(Br)c(OC)c1. The highest BCUT2D eigenvalue weighted by molar-refractivity contribution is 9.10. The highest BCUT2D eigenvalue weighted by Crippen LogP contribution is 2.28. The second-order valence-corrected chi connectivity index (χ2v) is 5.11. The number of nitrogens with zero attached hydrogens (tertiary/aromatic N) is 1. The number of carbonyl (C=O) groups is 1. The third-order valence-corrected chi connectivity index (χ3v) is 3.50. The van der Waals surface area contributed by atoms with Gasteiger partial charge in [-0.15, -0.1) is 0 Å². The minimum absolute atomic E-state index is 0.197. The number of pyridine rings is 1. The fraction of sp³-hybridized carbons (Fsp3) is 0.200. The number of carbonyl (C=O) groups excluding carboxylic acids is 1. The van der Waals surface area contributed by atoms with Crippen LogP contribution in [0, 0.1) is 0 Å². The second-order valence-electron chi connectivity index (χ2n) is 4.26. The minimum Gasteiger partial charge on any atom is -0.495 e. The molecule has 2 aromatic rings. The predicted molar refractivity (Wildman–Crippen MR) is 87.0 cm³/mol. The van der Waals surface area contributed by atoms with Crippen LogP contribution in [-0.2, 0) is 0 Å². The van der Waals surface area contributed by atoms with Crippen LogP contribution in [0.1, 0.15) is 17.3 Å². The molecular weight excluding hydrogens is 334 g/mol. The number of anilines is 2. The minimum atomic E-state index is -0.197. The Morgan fingerprint density at radius 2 is 2.19 bits per heavy atom. The van der Waals surface area contributed by atoms with Gasteiger partial charge in [0, 0.05) is 24.5 Å². The second kappa shape index (κ2) is 7.08. The van der Waals surface area contributed by atoms with Crippen LogP contribution >= 0.6 is 15.9 Å². The lowest BCUT2D eigenvalue weighted by molar-refractivity contribution is 0.102. The average molecular weight is 350 g/mol. The lowest BCUT2D eigenvalue weighted by atomic mass is 10.2. The molecule has 0 bridgehead atoms. The third-order valence-electron chi connectivity index (χ3n) is 2.84. The van der Waals surface area contributed by atoms with Crippen molar-refractivity contribution in [2.24, 2.45) is 0 Å². The lowest BCUT2D eigenvalue weighted by Crippen LogP contribution is -2.15. The van der Waals surface area contributed by atoms with Crippen molar-refractivity contribution in [3.63, 3.8) is 0 Å². The molecule has 5 nitrogen and oxygen atoms in total. The largest absolute Gasteiger partial charge is 0.495 e. The molecule has 0 fully saturated rings. The molecular formula is C15H16BrN3O2. The third kappa shape index (κ3) is 3.72. The number of halogens is 1. The van der Waals surface area contributed by atoms with Crippen LogP contribution < -0.4 is 15.4 Å². The molecule has 0 unspecified atom stereocenters. The summed E-state index contributed by atoms with van der Waals surface area (Å²) in [6.45, 7) is 2.69. The van der Waals surface area contributed by atoms with Gasteiger partial charge < -0.3 is 15.4 Å². The van der Waals surface area contributed by atoms with E-state index in [2.05, 4.69) is 31.5 Å². The Morgan fingerprint density at radius 3 is 2.90 bits per heavy atom. The summed E-state index contributed by atoms with van der Waals surface area (Å²) in [5, 5.41) is 5.97. The number of rotatable bonds is 5. The zero-order chi connectivity index (χ0) is 15.2. The van der Waals surface area contributed by atoms with Crippen molar-refractivity contribution in [2.75, 3.05) is 24.3 Å². The number of hydrogen-bond donors (Lipinski definition) is 2. The molecule has 0 aliphatic carbocycles. The van der Waals surface area contributed by atoms with Gasteiger partial charge in [-0.3, -0.25) is 9.78 Å². The molecule has 0 saturated carbocycles. The van der Waals surface area contributed by atoms with Crippen molar-refractivity contribution in [1.29, 1.82) is 0 Å². The summed E-state index contributed by atoms with van der Waals surface area (Å²) < 4.78 is 6.05. The van der Waals surface area contributed by atoms with Gasteiger partial charge in [-0.2, -0.15) is 0 Å². The van der Waals surface area contributed by atoms with Crippen LogP contribution in [0.4, 0.5) is 11.4 Å². The van der Waals surface area contributed by atoms with Gasteiger partial charge >= 0.3 is 0 Å². The van der Waals surface area contributed by atoms with Crippen molar-refractivity contribution >= 4 is 33.2 Å². The zero-order valence-electron chi connectivity index (χ0n) is 11.8. The van der Waals surface area contributed by atoms with Gasteiger partial charge in [0.25, 0.3) is 5.91 Å². The molecule has 0 aliphatic rings. The van der Waals surface area contributed by atoms with E-state index >= 15 is 0 Å². The number of amides is 1. The first-order valence-corrected chi connectivity index (χ1v) is 7.27. The van der Waals surface area contributed by atoms with Gasteiger partial charge in [0.05, 0.1) is 29.0 Å². The summed E-state index contributed by atoms with van der Waals surface area (Å²) in [7, 11) is 1.58. The molecule has 1 aromatic heterocycles. The fourth-order valence-electron chi connectivity index (χ4n) is 1.86.